The lowest BCUT2D eigenvalue weighted by atomic mass is 10.0. The minimum atomic E-state index is -0.591. The van der Waals surface area contributed by atoms with Gasteiger partial charge in [0.2, 0.25) is 5.91 Å². The van der Waals surface area contributed by atoms with Crippen molar-refractivity contribution in [2.75, 3.05) is 0 Å². The summed E-state index contributed by atoms with van der Waals surface area (Å²) in [7, 11) is 0. The number of hydrogen-bond donors (Lipinski definition) is 1. The number of rotatable bonds is 7. The van der Waals surface area contributed by atoms with Gasteiger partial charge < -0.3 is 9.88 Å². The second kappa shape index (κ2) is 9.89. The van der Waals surface area contributed by atoms with Crippen LogP contribution in [-0.4, -0.2) is 20.4 Å². The highest BCUT2D eigenvalue weighted by Crippen LogP contribution is 2.28. The molecule has 2 heterocycles. The smallest absolute Gasteiger partial charge is 0.248 e. The van der Waals surface area contributed by atoms with Gasteiger partial charge in [0.25, 0.3) is 0 Å². The van der Waals surface area contributed by atoms with Crippen LogP contribution < -0.4 is 5.32 Å². The first kappa shape index (κ1) is 21.9. The van der Waals surface area contributed by atoms with Crippen LogP contribution in [0.15, 0.2) is 103 Å². The molecule has 3 aromatic carbocycles. The summed E-state index contributed by atoms with van der Waals surface area (Å²) in [6.45, 7) is 0.346. The van der Waals surface area contributed by atoms with Crippen LogP contribution in [0.2, 0.25) is 5.02 Å². The number of fused-ring (bicyclic) bond motifs is 1. The minimum Gasteiger partial charge on any atom is -0.348 e. The molecule has 0 spiro atoms. The topological polar surface area (TPSA) is 59.8 Å². The standard InChI is InChI=1S/C28H23ClN4O/c29-22-12-8-9-20(17-22)18-26-32-24-14-4-5-15-25(24)33(26)27(21-10-2-1-3-11-21)28(34)31-19-23-13-6-7-16-30-23/h1-17,27H,18-19H2,(H,31,34). The van der Waals surface area contributed by atoms with Crippen LogP contribution in [-0.2, 0) is 17.8 Å². The van der Waals surface area contributed by atoms with Gasteiger partial charge in [-0.3, -0.25) is 9.78 Å². The Labute approximate surface area is 203 Å². The van der Waals surface area contributed by atoms with Crippen LogP contribution in [0, 0.1) is 0 Å². The summed E-state index contributed by atoms with van der Waals surface area (Å²) in [6, 6.07) is 30.5. The maximum absolute atomic E-state index is 13.7. The van der Waals surface area contributed by atoms with Gasteiger partial charge >= 0.3 is 0 Å². The lowest BCUT2D eigenvalue weighted by Crippen LogP contribution is -2.34. The van der Waals surface area contributed by atoms with Gasteiger partial charge in [0.05, 0.1) is 23.3 Å². The lowest BCUT2D eigenvalue weighted by molar-refractivity contribution is -0.123. The highest BCUT2D eigenvalue weighted by atomic mass is 35.5. The molecule has 0 fully saturated rings. The number of nitrogens with zero attached hydrogens (tertiary/aromatic N) is 3. The van der Waals surface area contributed by atoms with E-state index in [1.165, 1.54) is 0 Å². The van der Waals surface area contributed by atoms with Crippen molar-refractivity contribution in [1.29, 1.82) is 0 Å². The van der Waals surface area contributed by atoms with Crippen molar-refractivity contribution in [3.8, 4) is 0 Å². The first-order valence-corrected chi connectivity index (χ1v) is 11.5. The monoisotopic (exact) mass is 466 g/mol. The van der Waals surface area contributed by atoms with Gasteiger partial charge in [-0.15, -0.1) is 0 Å². The Morgan fingerprint density at radius 1 is 0.912 bits per heavy atom. The number of carbonyl (C=O) groups is 1. The average Bonchev–Trinajstić information content (AvgIpc) is 3.22. The number of carbonyl (C=O) groups excluding carboxylic acids is 1. The molecule has 6 heteroatoms. The predicted octanol–water partition coefficient (Wildman–Crippen LogP) is 5.58. The first-order valence-electron chi connectivity index (χ1n) is 11.1. The molecular formula is C28H23ClN4O. The number of pyridine rings is 1. The fourth-order valence-corrected chi connectivity index (χ4v) is 4.38. The van der Waals surface area contributed by atoms with E-state index in [-0.39, 0.29) is 5.91 Å². The molecule has 0 radical (unpaired) electrons. The van der Waals surface area contributed by atoms with Crippen molar-refractivity contribution in [1.82, 2.24) is 19.9 Å². The van der Waals surface area contributed by atoms with Crippen molar-refractivity contribution in [2.24, 2.45) is 0 Å². The quantitative estimate of drug-likeness (QED) is 0.340. The molecule has 0 aliphatic heterocycles. The van der Waals surface area contributed by atoms with Crippen LogP contribution in [0.25, 0.3) is 11.0 Å². The van der Waals surface area contributed by atoms with E-state index in [0.29, 0.717) is 18.0 Å². The molecule has 0 saturated carbocycles. The largest absolute Gasteiger partial charge is 0.348 e. The van der Waals surface area contributed by atoms with Crippen molar-refractivity contribution in [3.63, 3.8) is 0 Å². The fraction of sp³-hybridized carbons (Fsp3) is 0.107. The summed E-state index contributed by atoms with van der Waals surface area (Å²) in [6.07, 6.45) is 2.27. The molecule has 5 rings (SSSR count). The number of para-hydroxylation sites is 2. The van der Waals surface area contributed by atoms with Crippen LogP contribution in [0.1, 0.15) is 28.7 Å². The Morgan fingerprint density at radius 2 is 1.71 bits per heavy atom. The second-order valence-electron chi connectivity index (χ2n) is 8.05. The van der Waals surface area contributed by atoms with Crippen LogP contribution in [0.4, 0.5) is 0 Å². The Balaban J connectivity index is 1.59. The lowest BCUT2D eigenvalue weighted by Gasteiger charge is -2.22. The molecule has 1 amide bonds. The maximum Gasteiger partial charge on any atom is 0.248 e. The Hall–Kier alpha value is -3.96. The number of amides is 1. The number of benzene rings is 3. The van der Waals surface area contributed by atoms with Crippen molar-refractivity contribution in [3.05, 3.63) is 131 Å². The van der Waals surface area contributed by atoms with E-state index < -0.39 is 6.04 Å². The number of imidazole rings is 1. The van der Waals surface area contributed by atoms with Gasteiger partial charge in [0.15, 0.2) is 0 Å². The van der Waals surface area contributed by atoms with Crippen LogP contribution in [0.5, 0.6) is 0 Å². The number of aromatic nitrogens is 3. The second-order valence-corrected chi connectivity index (χ2v) is 8.48. The van der Waals surface area contributed by atoms with Gasteiger partial charge in [-0.2, -0.15) is 0 Å². The zero-order chi connectivity index (χ0) is 23.3. The molecule has 0 bridgehead atoms. The highest BCUT2D eigenvalue weighted by Gasteiger charge is 2.27. The van der Waals surface area contributed by atoms with E-state index in [9.17, 15) is 4.79 Å². The van der Waals surface area contributed by atoms with Gasteiger partial charge in [-0.1, -0.05) is 72.3 Å². The van der Waals surface area contributed by atoms with Gasteiger partial charge in [-0.25, -0.2) is 4.98 Å². The zero-order valence-corrected chi connectivity index (χ0v) is 19.2. The normalized spacial score (nSPS) is 11.9. The highest BCUT2D eigenvalue weighted by molar-refractivity contribution is 6.30. The molecule has 34 heavy (non-hydrogen) atoms. The van der Waals surface area contributed by atoms with E-state index in [4.69, 9.17) is 16.6 Å². The molecule has 0 saturated heterocycles. The Kier molecular flexibility index (Phi) is 6.36. The molecule has 5 aromatic rings. The summed E-state index contributed by atoms with van der Waals surface area (Å²) in [5, 5.41) is 3.75. The third-order valence-electron chi connectivity index (χ3n) is 5.71. The molecule has 1 atom stereocenters. The van der Waals surface area contributed by atoms with E-state index >= 15 is 0 Å². The summed E-state index contributed by atoms with van der Waals surface area (Å²) < 4.78 is 2.04. The number of nitrogens with one attached hydrogen (secondary N) is 1. The Morgan fingerprint density at radius 3 is 2.50 bits per heavy atom. The van der Waals surface area contributed by atoms with Gasteiger partial charge in [-0.05, 0) is 47.5 Å². The van der Waals surface area contributed by atoms with E-state index in [1.54, 1.807) is 6.20 Å². The average molecular weight is 467 g/mol. The summed E-state index contributed by atoms with van der Waals surface area (Å²) in [5.74, 6) is 0.678. The molecule has 5 nitrogen and oxygen atoms in total. The summed E-state index contributed by atoms with van der Waals surface area (Å²) in [4.78, 5) is 23.0. The van der Waals surface area contributed by atoms with E-state index in [1.807, 2.05) is 102 Å². The van der Waals surface area contributed by atoms with Crippen LogP contribution in [0.3, 0.4) is 0 Å². The number of hydrogen-bond acceptors (Lipinski definition) is 3. The Bertz CT molecular complexity index is 1420. The molecular weight excluding hydrogens is 444 g/mol. The zero-order valence-electron chi connectivity index (χ0n) is 18.4. The molecule has 0 aliphatic carbocycles. The first-order chi connectivity index (χ1) is 16.7. The molecule has 0 aliphatic rings. The third-order valence-corrected chi connectivity index (χ3v) is 5.95. The predicted molar refractivity (Wildman–Crippen MR) is 135 cm³/mol. The molecule has 168 valence electrons. The third kappa shape index (κ3) is 4.70. The SMILES string of the molecule is O=C(NCc1ccccn1)C(c1ccccc1)n1c(Cc2cccc(Cl)c2)nc2ccccc21. The van der Waals surface area contributed by atoms with Crippen molar-refractivity contribution >= 4 is 28.5 Å². The van der Waals surface area contributed by atoms with Gasteiger partial charge in [0.1, 0.15) is 11.9 Å². The van der Waals surface area contributed by atoms with E-state index in [0.717, 1.165) is 33.7 Å². The van der Waals surface area contributed by atoms with Crippen molar-refractivity contribution in [2.45, 2.75) is 19.0 Å². The summed E-state index contributed by atoms with van der Waals surface area (Å²) in [5.41, 5.74) is 4.47. The van der Waals surface area contributed by atoms with Crippen molar-refractivity contribution < 1.29 is 4.79 Å². The molecule has 2 aromatic heterocycles. The number of halogens is 1. The fourth-order valence-electron chi connectivity index (χ4n) is 4.17. The summed E-state index contributed by atoms with van der Waals surface area (Å²) >= 11 is 6.24. The van der Waals surface area contributed by atoms with Crippen LogP contribution >= 0.6 is 11.6 Å². The maximum atomic E-state index is 13.7. The molecule has 1 unspecified atom stereocenters. The minimum absolute atomic E-state index is 0.118. The van der Waals surface area contributed by atoms with E-state index in [2.05, 4.69) is 10.3 Å². The molecule has 1 N–H and O–H groups in total. The van der Waals surface area contributed by atoms with Gasteiger partial charge in [0, 0.05) is 17.6 Å².